The molecular weight excluding hydrogens is 241 g/mol. The highest BCUT2D eigenvalue weighted by molar-refractivity contribution is 14.1. The maximum absolute atomic E-state index is 10.3. The van der Waals surface area contributed by atoms with Gasteiger partial charge in [0.15, 0.2) is 6.29 Å². The van der Waals surface area contributed by atoms with Gasteiger partial charge in [-0.05, 0) is 12.1 Å². The van der Waals surface area contributed by atoms with Crippen molar-refractivity contribution in [1.82, 2.24) is 4.57 Å². The Balaban J connectivity index is 2.79. The normalized spacial score (nSPS) is 9.70. The van der Waals surface area contributed by atoms with E-state index in [1.54, 1.807) is 0 Å². The van der Waals surface area contributed by atoms with Crippen LogP contribution in [0.3, 0.4) is 0 Å². The Morgan fingerprint density at radius 3 is 3.10 bits per heavy atom. The van der Waals surface area contributed by atoms with Crippen LogP contribution in [0.4, 0.5) is 0 Å². The number of rotatable bonds is 3. The first-order chi connectivity index (χ1) is 4.88. The zero-order valence-electron chi connectivity index (χ0n) is 5.46. The number of hydrogen-bond acceptors (Lipinski definition) is 1. The van der Waals surface area contributed by atoms with Crippen LogP contribution in [0.15, 0.2) is 18.3 Å². The number of aryl methyl sites for hydroxylation is 1. The molecule has 1 aromatic heterocycles. The van der Waals surface area contributed by atoms with Crippen molar-refractivity contribution in [2.45, 2.75) is 6.54 Å². The molecule has 1 rings (SSSR count). The Labute approximate surface area is 73.4 Å². The van der Waals surface area contributed by atoms with Gasteiger partial charge in [0.05, 0.1) is 5.69 Å². The maximum atomic E-state index is 10.3. The third-order valence-corrected chi connectivity index (χ3v) is 1.79. The second-order valence-electron chi connectivity index (χ2n) is 1.93. The van der Waals surface area contributed by atoms with Gasteiger partial charge in [0, 0.05) is 17.2 Å². The van der Waals surface area contributed by atoms with E-state index in [9.17, 15) is 4.79 Å². The van der Waals surface area contributed by atoms with Gasteiger partial charge >= 0.3 is 0 Å². The summed E-state index contributed by atoms with van der Waals surface area (Å²) in [5.41, 5.74) is 0.761. The minimum absolute atomic E-state index is 0.761. The van der Waals surface area contributed by atoms with Gasteiger partial charge in [-0.2, -0.15) is 0 Å². The van der Waals surface area contributed by atoms with Crippen molar-refractivity contribution in [2.24, 2.45) is 0 Å². The molecule has 1 heterocycles. The van der Waals surface area contributed by atoms with E-state index in [1.807, 2.05) is 22.9 Å². The van der Waals surface area contributed by atoms with Gasteiger partial charge in [-0.1, -0.05) is 22.6 Å². The predicted octanol–water partition coefficient (Wildman–Crippen LogP) is 1.74. The van der Waals surface area contributed by atoms with Crippen molar-refractivity contribution in [1.29, 1.82) is 0 Å². The number of alkyl halides is 1. The highest BCUT2D eigenvalue weighted by Crippen LogP contribution is 1.99. The Bertz CT molecular complexity index is 219. The summed E-state index contributed by atoms with van der Waals surface area (Å²) in [6.45, 7) is 0.918. The minimum Gasteiger partial charge on any atom is -0.345 e. The molecule has 0 spiro atoms. The first-order valence-corrected chi connectivity index (χ1v) is 4.57. The molecule has 0 unspecified atom stereocenters. The predicted molar refractivity (Wildman–Crippen MR) is 48.7 cm³/mol. The van der Waals surface area contributed by atoms with Crippen molar-refractivity contribution in [3.63, 3.8) is 0 Å². The summed E-state index contributed by atoms with van der Waals surface area (Å²) in [5, 5.41) is 0. The highest BCUT2D eigenvalue weighted by atomic mass is 127. The standard InChI is InChI=1S/C7H8INO/c8-3-5-9-4-1-2-7(9)6-10/h1-2,4,6H,3,5H2. The molecule has 0 saturated heterocycles. The third kappa shape index (κ3) is 1.59. The van der Waals surface area contributed by atoms with Crippen LogP contribution in [0.25, 0.3) is 0 Å². The number of nitrogens with zero attached hydrogens (tertiary/aromatic N) is 1. The number of aromatic nitrogens is 1. The van der Waals surface area contributed by atoms with Crippen LogP contribution in [0.5, 0.6) is 0 Å². The number of hydrogen-bond donors (Lipinski definition) is 0. The third-order valence-electron chi connectivity index (χ3n) is 1.31. The summed E-state index contributed by atoms with van der Waals surface area (Å²) in [5.74, 6) is 0. The quantitative estimate of drug-likeness (QED) is 0.454. The largest absolute Gasteiger partial charge is 0.345 e. The van der Waals surface area contributed by atoms with Crippen LogP contribution in [0.2, 0.25) is 0 Å². The zero-order valence-corrected chi connectivity index (χ0v) is 7.61. The molecule has 3 heteroatoms. The molecule has 1 aromatic rings. The highest BCUT2D eigenvalue weighted by Gasteiger charge is 1.95. The van der Waals surface area contributed by atoms with Crippen molar-refractivity contribution in [2.75, 3.05) is 4.43 Å². The fourth-order valence-corrected chi connectivity index (χ4v) is 1.35. The van der Waals surface area contributed by atoms with Gasteiger partial charge in [-0.15, -0.1) is 0 Å². The summed E-state index contributed by atoms with van der Waals surface area (Å²) >= 11 is 2.28. The second kappa shape index (κ2) is 3.75. The maximum Gasteiger partial charge on any atom is 0.166 e. The SMILES string of the molecule is O=Cc1cccn1CCI. The Hall–Kier alpha value is -0.320. The van der Waals surface area contributed by atoms with Gasteiger partial charge in [-0.3, -0.25) is 4.79 Å². The van der Waals surface area contributed by atoms with Crippen LogP contribution >= 0.6 is 22.6 Å². The number of halogens is 1. The van der Waals surface area contributed by atoms with E-state index in [0.29, 0.717) is 0 Å². The number of carbonyl (C=O) groups excluding carboxylic acids is 1. The van der Waals surface area contributed by atoms with Crippen LogP contribution < -0.4 is 0 Å². The fraction of sp³-hybridized carbons (Fsp3) is 0.286. The molecule has 0 aliphatic rings. The molecule has 0 fully saturated rings. The van der Waals surface area contributed by atoms with Crippen molar-refractivity contribution in [3.8, 4) is 0 Å². The first-order valence-electron chi connectivity index (χ1n) is 3.05. The molecular formula is C7H8INO. The molecule has 0 bridgehead atoms. The summed E-state index contributed by atoms with van der Waals surface area (Å²) in [4.78, 5) is 10.3. The molecule has 0 saturated carbocycles. The van der Waals surface area contributed by atoms with Crippen LogP contribution in [0.1, 0.15) is 10.5 Å². The summed E-state index contributed by atoms with van der Waals surface area (Å²) in [6.07, 6.45) is 2.80. The molecule has 0 N–H and O–H groups in total. The molecule has 0 aromatic carbocycles. The molecule has 54 valence electrons. The number of carbonyl (C=O) groups is 1. The van der Waals surface area contributed by atoms with E-state index in [1.165, 1.54) is 0 Å². The van der Waals surface area contributed by atoms with Gasteiger partial charge in [0.25, 0.3) is 0 Å². The van der Waals surface area contributed by atoms with E-state index in [-0.39, 0.29) is 0 Å². The molecule has 2 nitrogen and oxygen atoms in total. The molecule has 0 aliphatic heterocycles. The Kier molecular flexibility index (Phi) is 2.92. The smallest absolute Gasteiger partial charge is 0.166 e. The number of aldehydes is 1. The van der Waals surface area contributed by atoms with Crippen molar-refractivity contribution in [3.05, 3.63) is 24.0 Å². The minimum atomic E-state index is 0.761. The topological polar surface area (TPSA) is 22.0 Å². The molecule has 0 aliphatic carbocycles. The molecule has 10 heavy (non-hydrogen) atoms. The molecule has 0 atom stereocenters. The monoisotopic (exact) mass is 249 g/mol. The molecule has 0 radical (unpaired) electrons. The lowest BCUT2D eigenvalue weighted by Crippen LogP contribution is -2.00. The van der Waals surface area contributed by atoms with Gasteiger partial charge in [-0.25, -0.2) is 0 Å². The average molecular weight is 249 g/mol. The van der Waals surface area contributed by atoms with E-state index < -0.39 is 0 Å². The second-order valence-corrected chi connectivity index (χ2v) is 3.01. The summed E-state index contributed by atoms with van der Waals surface area (Å²) < 4.78 is 2.98. The summed E-state index contributed by atoms with van der Waals surface area (Å²) in [6, 6.07) is 3.70. The molecule has 0 amide bonds. The van der Waals surface area contributed by atoms with E-state index in [2.05, 4.69) is 22.6 Å². The van der Waals surface area contributed by atoms with Gasteiger partial charge < -0.3 is 4.57 Å². The van der Waals surface area contributed by atoms with Gasteiger partial charge in [0.1, 0.15) is 0 Å². The Morgan fingerprint density at radius 2 is 2.50 bits per heavy atom. The summed E-state index contributed by atoms with van der Waals surface area (Å²) in [7, 11) is 0. The van der Waals surface area contributed by atoms with E-state index in [0.717, 1.165) is 23.0 Å². The lowest BCUT2D eigenvalue weighted by molar-refractivity contribution is 0.111. The van der Waals surface area contributed by atoms with Crippen molar-refractivity contribution < 1.29 is 4.79 Å². The fourth-order valence-electron chi connectivity index (χ4n) is 0.829. The van der Waals surface area contributed by atoms with Crippen LogP contribution in [0, 0.1) is 0 Å². The lowest BCUT2D eigenvalue weighted by Gasteiger charge is -1.99. The lowest BCUT2D eigenvalue weighted by atomic mass is 10.5. The van der Waals surface area contributed by atoms with Crippen molar-refractivity contribution >= 4 is 28.9 Å². The first kappa shape index (κ1) is 7.78. The van der Waals surface area contributed by atoms with Crippen LogP contribution in [-0.2, 0) is 6.54 Å². The Morgan fingerprint density at radius 1 is 1.70 bits per heavy atom. The van der Waals surface area contributed by atoms with Crippen LogP contribution in [-0.4, -0.2) is 15.3 Å². The van der Waals surface area contributed by atoms with E-state index in [4.69, 9.17) is 0 Å². The van der Waals surface area contributed by atoms with E-state index >= 15 is 0 Å². The zero-order chi connectivity index (χ0) is 7.40. The van der Waals surface area contributed by atoms with Gasteiger partial charge in [0.2, 0.25) is 0 Å². The average Bonchev–Trinajstić information content (AvgIpc) is 2.36.